The zero-order valence-electron chi connectivity index (χ0n) is 19.3. The van der Waals surface area contributed by atoms with E-state index in [1.165, 1.54) is 0 Å². The molecule has 6 atom stereocenters. The molecule has 6 unspecified atom stereocenters. The van der Waals surface area contributed by atoms with Gasteiger partial charge in [-0.25, -0.2) is 4.39 Å². The van der Waals surface area contributed by atoms with Crippen LogP contribution < -0.4 is 20.3 Å². The van der Waals surface area contributed by atoms with Gasteiger partial charge in [-0.1, -0.05) is 0 Å². The van der Waals surface area contributed by atoms with E-state index in [-0.39, 0.29) is 35.7 Å². The van der Waals surface area contributed by atoms with Crippen molar-refractivity contribution in [2.24, 2.45) is 17.8 Å². The van der Waals surface area contributed by atoms with E-state index in [0.29, 0.717) is 12.0 Å². The van der Waals surface area contributed by atoms with Gasteiger partial charge in [-0.15, -0.1) is 0 Å². The number of ether oxygens (including phenoxy) is 1. The second kappa shape index (κ2) is 9.47. The van der Waals surface area contributed by atoms with Gasteiger partial charge in [0.1, 0.15) is 11.9 Å². The SMILES string of the molecule is COc1cc(C#N)ccc1N1CCN(CC2CC(F)C3C(C2)NC(=O)C2CCCNC23)CC1. The molecule has 5 rings (SSSR count). The number of carbonyl (C=O) groups is 1. The van der Waals surface area contributed by atoms with Crippen molar-refractivity contribution in [1.82, 2.24) is 15.5 Å². The molecule has 7 nitrogen and oxygen atoms in total. The molecule has 33 heavy (non-hydrogen) atoms. The minimum absolute atomic E-state index is 0.000558. The van der Waals surface area contributed by atoms with Crippen LogP contribution in [0.4, 0.5) is 10.1 Å². The molecule has 3 saturated heterocycles. The van der Waals surface area contributed by atoms with Crippen LogP contribution in [-0.2, 0) is 4.79 Å². The second-order valence-electron chi connectivity index (χ2n) is 10.1. The first-order chi connectivity index (χ1) is 16.1. The summed E-state index contributed by atoms with van der Waals surface area (Å²) >= 11 is 0. The molecule has 0 bridgehead atoms. The Kier molecular flexibility index (Phi) is 6.44. The fraction of sp³-hybridized carbons (Fsp3) is 0.680. The quantitative estimate of drug-likeness (QED) is 0.722. The number of carbonyl (C=O) groups excluding carboxylic acids is 1. The van der Waals surface area contributed by atoms with Crippen LogP contribution in [0.15, 0.2) is 18.2 Å². The molecule has 4 aliphatic rings. The number of alkyl halides is 1. The number of benzene rings is 1. The Balaban J connectivity index is 1.18. The number of methoxy groups -OCH3 is 1. The van der Waals surface area contributed by atoms with Crippen molar-refractivity contribution >= 4 is 11.6 Å². The minimum atomic E-state index is -0.864. The Labute approximate surface area is 195 Å². The number of nitriles is 1. The number of halogens is 1. The van der Waals surface area contributed by atoms with Crippen LogP contribution in [0.25, 0.3) is 0 Å². The number of piperazine rings is 1. The van der Waals surface area contributed by atoms with Crippen molar-refractivity contribution in [1.29, 1.82) is 5.26 Å². The van der Waals surface area contributed by atoms with Gasteiger partial charge in [0, 0.05) is 56.8 Å². The van der Waals surface area contributed by atoms with Gasteiger partial charge in [-0.05, 0) is 50.3 Å². The lowest BCUT2D eigenvalue weighted by molar-refractivity contribution is -0.135. The molecule has 0 aromatic heterocycles. The predicted octanol–water partition coefficient (Wildman–Crippen LogP) is 1.92. The fourth-order valence-corrected chi connectivity index (χ4v) is 6.57. The molecule has 0 radical (unpaired) electrons. The average Bonchev–Trinajstić information content (AvgIpc) is 2.84. The number of hydrogen-bond acceptors (Lipinski definition) is 6. The van der Waals surface area contributed by atoms with Gasteiger partial charge in [-0.2, -0.15) is 5.26 Å². The number of fused-ring (bicyclic) bond motifs is 3. The maximum Gasteiger partial charge on any atom is 0.224 e. The van der Waals surface area contributed by atoms with Crippen LogP contribution in [0.3, 0.4) is 0 Å². The summed E-state index contributed by atoms with van der Waals surface area (Å²) in [5.74, 6) is 0.944. The molecule has 1 aromatic carbocycles. The molecule has 3 aliphatic heterocycles. The summed E-state index contributed by atoms with van der Waals surface area (Å²) in [4.78, 5) is 17.4. The largest absolute Gasteiger partial charge is 0.495 e. The van der Waals surface area contributed by atoms with Crippen molar-refractivity contribution < 1.29 is 13.9 Å². The zero-order chi connectivity index (χ0) is 22.9. The monoisotopic (exact) mass is 455 g/mol. The molecular weight excluding hydrogens is 421 g/mol. The van der Waals surface area contributed by atoms with Gasteiger partial charge in [-0.3, -0.25) is 9.69 Å². The van der Waals surface area contributed by atoms with E-state index in [1.807, 2.05) is 12.1 Å². The average molecular weight is 456 g/mol. The molecule has 1 aromatic rings. The van der Waals surface area contributed by atoms with E-state index in [9.17, 15) is 4.79 Å². The Morgan fingerprint density at radius 3 is 2.82 bits per heavy atom. The summed E-state index contributed by atoms with van der Waals surface area (Å²) in [5.41, 5.74) is 1.61. The first kappa shape index (κ1) is 22.4. The normalized spacial score (nSPS) is 34.6. The highest BCUT2D eigenvalue weighted by Gasteiger charge is 2.51. The molecule has 4 fully saturated rings. The van der Waals surface area contributed by atoms with E-state index in [4.69, 9.17) is 10.00 Å². The van der Waals surface area contributed by atoms with Gasteiger partial charge in [0.25, 0.3) is 0 Å². The highest BCUT2D eigenvalue weighted by atomic mass is 19.1. The zero-order valence-corrected chi connectivity index (χ0v) is 19.3. The lowest BCUT2D eigenvalue weighted by atomic mass is 9.66. The predicted molar refractivity (Wildman–Crippen MR) is 124 cm³/mol. The topological polar surface area (TPSA) is 80.6 Å². The van der Waals surface area contributed by atoms with Gasteiger partial charge < -0.3 is 20.3 Å². The molecule has 1 aliphatic carbocycles. The second-order valence-corrected chi connectivity index (χ2v) is 10.1. The third kappa shape index (κ3) is 4.41. The molecule has 2 N–H and O–H groups in total. The van der Waals surface area contributed by atoms with Crippen LogP contribution >= 0.6 is 0 Å². The van der Waals surface area contributed by atoms with E-state index < -0.39 is 6.17 Å². The van der Waals surface area contributed by atoms with Crippen molar-refractivity contribution in [2.75, 3.05) is 51.3 Å². The summed E-state index contributed by atoms with van der Waals surface area (Å²) in [6, 6.07) is 7.67. The summed E-state index contributed by atoms with van der Waals surface area (Å²) in [5, 5.41) is 15.8. The number of rotatable bonds is 4. The van der Waals surface area contributed by atoms with Crippen molar-refractivity contribution in [2.45, 2.75) is 43.9 Å². The number of nitrogens with zero attached hydrogens (tertiary/aromatic N) is 3. The Morgan fingerprint density at radius 2 is 2.06 bits per heavy atom. The van der Waals surface area contributed by atoms with Crippen LogP contribution in [0.2, 0.25) is 0 Å². The number of hydrogen-bond donors (Lipinski definition) is 2. The standard InChI is InChI=1S/C25H34FN5O2/c1-33-22-13-16(14-27)4-5-21(22)31-9-7-30(8-10-31)15-17-11-19(26)23-20(12-17)29-25(32)18-3-2-6-28-24(18)23/h4-5,13,17-20,23-24,28H,2-3,6-12,15H2,1H3,(H,29,32). The van der Waals surface area contributed by atoms with Gasteiger partial charge in [0.2, 0.25) is 5.91 Å². The van der Waals surface area contributed by atoms with Crippen LogP contribution in [0.1, 0.15) is 31.2 Å². The van der Waals surface area contributed by atoms with E-state index in [1.54, 1.807) is 13.2 Å². The number of anilines is 1. The highest BCUT2D eigenvalue weighted by Crippen LogP contribution is 2.41. The smallest absolute Gasteiger partial charge is 0.224 e. The Hall–Kier alpha value is -2.37. The first-order valence-electron chi connectivity index (χ1n) is 12.3. The van der Waals surface area contributed by atoms with E-state index >= 15 is 4.39 Å². The molecule has 1 amide bonds. The van der Waals surface area contributed by atoms with Crippen LogP contribution in [0, 0.1) is 29.1 Å². The fourth-order valence-electron chi connectivity index (χ4n) is 6.57. The highest BCUT2D eigenvalue weighted by molar-refractivity contribution is 5.81. The van der Waals surface area contributed by atoms with Crippen LogP contribution in [-0.4, -0.2) is 75.4 Å². The molecule has 8 heteroatoms. The molecular formula is C25H34FN5O2. The Bertz CT molecular complexity index is 913. The van der Waals surface area contributed by atoms with Gasteiger partial charge >= 0.3 is 0 Å². The Morgan fingerprint density at radius 1 is 1.24 bits per heavy atom. The summed E-state index contributed by atoms with van der Waals surface area (Å²) in [6.45, 7) is 5.31. The summed E-state index contributed by atoms with van der Waals surface area (Å²) in [7, 11) is 1.63. The lowest BCUT2D eigenvalue weighted by Gasteiger charge is -2.51. The molecule has 1 saturated carbocycles. The number of piperidine rings is 2. The number of nitrogens with one attached hydrogen (secondary N) is 2. The van der Waals surface area contributed by atoms with Crippen LogP contribution in [0.5, 0.6) is 5.75 Å². The van der Waals surface area contributed by atoms with Gasteiger partial charge in [0.05, 0.1) is 30.3 Å². The maximum absolute atomic E-state index is 15.4. The summed E-state index contributed by atoms with van der Waals surface area (Å²) < 4.78 is 20.9. The van der Waals surface area contributed by atoms with E-state index in [2.05, 4.69) is 26.5 Å². The molecule has 3 heterocycles. The van der Waals surface area contributed by atoms with E-state index in [0.717, 1.165) is 70.0 Å². The van der Waals surface area contributed by atoms with Crippen molar-refractivity contribution in [3.8, 4) is 11.8 Å². The van der Waals surface area contributed by atoms with Crippen molar-refractivity contribution in [3.63, 3.8) is 0 Å². The third-order valence-electron chi connectivity index (χ3n) is 8.15. The first-order valence-corrected chi connectivity index (χ1v) is 12.3. The minimum Gasteiger partial charge on any atom is -0.495 e. The third-order valence-corrected chi connectivity index (χ3v) is 8.15. The molecule has 0 spiro atoms. The lowest BCUT2D eigenvalue weighted by Crippen LogP contribution is -2.67. The van der Waals surface area contributed by atoms with Crippen molar-refractivity contribution in [3.05, 3.63) is 23.8 Å². The van der Waals surface area contributed by atoms with Gasteiger partial charge in [0.15, 0.2) is 0 Å². The summed E-state index contributed by atoms with van der Waals surface area (Å²) in [6.07, 6.45) is 2.46. The maximum atomic E-state index is 15.4. The number of amides is 1. The molecule has 178 valence electrons.